The first-order valence-electron chi connectivity index (χ1n) is 0.236. The van der Waals surface area contributed by atoms with Gasteiger partial charge in [0.25, 0.3) is 0 Å². The molecule has 0 saturated heterocycles. The van der Waals surface area contributed by atoms with E-state index in [9.17, 15) is 0 Å². The summed E-state index contributed by atoms with van der Waals surface area (Å²) in [4.78, 5) is 7.75. The van der Waals surface area contributed by atoms with Crippen LogP contribution in [0.2, 0.25) is 0 Å². The quantitative estimate of drug-likeness (QED) is 0.261. The van der Waals surface area contributed by atoms with Crippen molar-refractivity contribution in [2.75, 3.05) is 0 Å². The van der Waals surface area contributed by atoms with Crippen molar-refractivity contribution in [3.63, 3.8) is 0 Å². The molecule has 0 aromatic heterocycles. The fraction of sp³-hybridized carbons (Fsp3) is 0. The van der Waals surface area contributed by atoms with Crippen LogP contribution >= 0.6 is 0 Å². The molecule has 1 nitrogen and oxygen atoms in total. The van der Waals surface area contributed by atoms with Crippen LogP contribution in [0.15, 0.2) is 0 Å². The van der Waals surface area contributed by atoms with Crippen LogP contribution < -0.4 is 0 Å². The van der Waals surface area contributed by atoms with Crippen LogP contribution in [-0.4, -0.2) is 6.79 Å². The van der Waals surface area contributed by atoms with Crippen LogP contribution in [0.1, 0.15) is 0 Å². The molecule has 0 radical (unpaired) electrons. The molecule has 0 unspecified atom stereocenters. The molecule has 0 aromatic rings. The maximum absolute atomic E-state index is 7.75. The van der Waals surface area contributed by atoms with Gasteiger partial charge >= 0.3 is 0 Å². The molecule has 0 saturated carbocycles. The molecule has 0 aliphatic heterocycles. The van der Waals surface area contributed by atoms with Crippen molar-refractivity contribution in [3.8, 4) is 0 Å². The van der Waals surface area contributed by atoms with Crippen molar-refractivity contribution >= 4 is 6.79 Å². The standard InChI is InChI=1S/CHO.2Ni/c1-2;;/h1H;;/q-1;;. The Kier molecular flexibility index (Phi) is 339. The van der Waals surface area contributed by atoms with Crippen molar-refractivity contribution in [1.82, 2.24) is 0 Å². The summed E-state index contributed by atoms with van der Waals surface area (Å²) in [6.45, 7) is 3.25. The van der Waals surface area contributed by atoms with Crippen molar-refractivity contribution in [1.29, 1.82) is 0 Å². The van der Waals surface area contributed by atoms with E-state index in [4.69, 9.17) is 4.79 Å². The predicted molar refractivity (Wildman–Crippen MR) is 6.75 cm³/mol. The summed E-state index contributed by atoms with van der Waals surface area (Å²) < 4.78 is 0. The Morgan fingerprint density at radius 3 is 1.00 bits per heavy atom. The van der Waals surface area contributed by atoms with Gasteiger partial charge in [0, 0.05) is 33.0 Å². The van der Waals surface area contributed by atoms with Gasteiger partial charge in [0.15, 0.2) is 0 Å². The molecule has 32 valence electrons. The second kappa shape index (κ2) is 59.8. The van der Waals surface area contributed by atoms with Gasteiger partial charge in [-0.3, -0.25) is 6.79 Å². The summed E-state index contributed by atoms with van der Waals surface area (Å²) in [5.41, 5.74) is 0. The maximum atomic E-state index is 7.75. The third-order valence-corrected chi connectivity index (χ3v) is 0. The van der Waals surface area contributed by atoms with E-state index in [1.165, 1.54) is 0 Å². The molecule has 0 aliphatic carbocycles. The van der Waals surface area contributed by atoms with E-state index in [1.54, 1.807) is 0 Å². The van der Waals surface area contributed by atoms with E-state index >= 15 is 0 Å². The molecule has 0 rings (SSSR count). The molecule has 0 aromatic carbocycles. The third-order valence-electron chi connectivity index (χ3n) is 0. The monoisotopic (exact) mass is 145 g/mol. The van der Waals surface area contributed by atoms with Gasteiger partial charge in [0.2, 0.25) is 0 Å². The second-order valence-corrected chi connectivity index (χ2v) is 0. The van der Waals surface area contributed by atoms with E-state index in [2.05, 4.69) is 6.79 Å². The molecular weight excluding hydrogens is 145 g/mol. The molecule has 4 heavy (non-hydrogen) atoms. The molecule has 0 atom stereocenters. The van der Waals surface area contributed by atoms with E-state index in [1.807, 2.05) is 0 Å². The molecule has 0 fully saturated rings. The second-order valence-electron chi connectivity index (χ2n) is 0. The Balaban J connectivity index is -0.00000000500. The Hall–Kier alpha value is 0.657. The number of carbonyl (C=O) groups excluding carboxylic acids is 1. The predicted octanol–water partition coefficient (Wildman–Crippen LogP) is -0.279. The van der Waals surface area contributed by atoms with E-state index in [-0.39, 0.29) is 33.0 Å². The molecule has 3 heteroatoms. The van der Waals surface area contributed by atoms with Gasteiger partial charge in [0.1, 0.15) is 0 Å². The molecule has 0 bridgehead atoms. The summed E-state index contributed by atoms with van der Waals surface area (Å²) in [5.74, 6) is 0. The largest absolute Gasteiger partial charge is 0.545 e. The maximum Gasteiger partial charge on any atom is 0 e. The van der Waals surface area contributed by atoms with Crippen molar-refractivity contribution in [2.45, 2.75) is 0 Å². The van der Waals surface area contributed by atoms with Gasteiger partial charge in [-0.25, -0.2) is 0 Å². The molecule has 0 aliphatic rings. The average Bonchev–Trinajstić information content (AvgIpc) is 1.00. The Morgan fingerprint density at radius 1 is 1.00 bits per heavy atom. The number of hydrogen-bond donors (Lipinski definition) is 0. The van der Waals surface area contributed by atoms with Gasteiger partial charge in [-0.2, -0.15) is 0 Å². The van der Waals surface area contributed by atoms with Gasteiger partial charge in [-0.1, -0.05) is 0 Å². The van der Waals surface area contributed by atoms with E-state index in [0.717, 1.165) is 0 Å². The first kappa shape index (κ1) is 22.7. The van der Waals surface area contributed by atoms with Crippen LogP contribution in [0.5, 0.6) is 0 Å². The summed E-state index contributed by atoms with van der Waals surface area (Å²) in [7, 11) is 0. The fourth-order valence-electron chi connectivity index (χ4n) is 0. The van der Waals surface area contributed by atoms with Crippen LogP contribution in [-0.2, 0) is 37.8 Å². The molecular formula is CHNi2O-. The smallest absolute Gasteiger partial charge is 0 e. The molecule has 0 N–H and O–H groups in total. The third kappa shape index (κ3) is 16.9. The van der Waals surface area contributed by atoms with Gasteiger partial charge in [-0.05, 0) is 0 Å². The first-order chi connectivity index (χ1) is 1.00. The minimum absolute atomic E-state index is 0. The SMILES string of the molecule is [CH-]=O.[Ni].[Ni]. The molecule has 0 spiro atoms. The molecule has 0 amide bonds. The van der Waals surface area contributed by atoms with Crippen LogP contribution in [0.25, 0.3) is 0 Å². The Bertz CT molecular complexity index is 6.00. The minimum atomic E-state index is 0. The number of hydrogen-bond acceptors (Lipinski definition) is 1. The van der Waals surface area contributed by atoms with Crippen LogP contribution in [0.3, 0.4) is 0 Å². The minimum Gasteiger partial charge on any atom is -0.545 e. The zero-order chi connectivity index (χ0) is 2.00. The van der Waals surface area contributed by atoms with Crippen molar-refractivity contribution < 1.29 is 37.8 Å². The number of rotatable bonds is 0. The molecule has 0 heterocycles. The summed E-state index contributed by atoms with van der Waals surface area (Å²) >= 11 is 0. The van der Waals surface area contributed by atoms with Crippen molar-refractivity contribution in [2.24, 2.45) is 0 Å². The van der Waals surface area contributed by atoms with Crippen LogP contribution in [0.4, 0.5) is 0 Å². The van der Waals surface area contributed by atoms with Gasteiger partial charge in [-0.15, -0.1) is 0 Å². The van der Waals surface area contributed by atoms with E-state index < -0.39 is 0 Å². The fourth-order valence-corrected chi connectivity index (χ4v) is 0. The summed E-state index contributed by atoms with van der Waals surface area (Å²) in [6.07, 6.45) is 0. The first-order valence-corrected chi connectivity index (χ1v) is 0.236. The van der Waals surface area contributed by atoms with E-state index in [0.29, 0.717) is 0 Å². The van der Waals surface area contributed by atoms with Crippen LogP contribution in [0, 0.1) is 0 Å². The Morgan fingerprint density at radius 2 is 1.00 bits per heavy atom. The summed E-state index contributed by atoms with van der Waals surface area (Å²) in [6, 6.07) is 0. The van der Waals surface area contributed by atoms with Gasteiger partial charge in [0.05, 0.1) is 0 Å². The average molecular weight is 146 g/mol. The zero-order valence-corrected chi connectivity index (χ0v) is 3.59. The topological polar surface area (TPSA) is 17.1 Å². The zero-order valence-electron chi connectivity index (χ0n) is 1.62. The Labute approximate surface area is 45.0 Å². The normalized spacial score (nSPS) is 1.00. The van der Waals surface area contributed by atoms with Gasteiger partial charge < -0.3 is 4.79 Å². The van der Waals surface area contributed by atoms with Crippen molar-refractivity contribution in [3.05, 3.63) is 0 Å². The summed E-state index contributed by atoms with van der Waals surface area (Å²) in [5, 5.41) is 0.